The SMILES string of the molecule is CC12CCC(CCO)(O1)[C@H]1C(=O)N(c3ccc(C#N)c4ccccc34)C(=O)[C@H]12.[C-]#[N+]c1ccc(N2C(=O)[C@@H]3[C@H](C2=O)C2(C)CCC3(CCOC(C)=O)O2)c2ccccc12. The fourth-order valence-electron chi connectivity index (χ4n) is 11.4. The first-order valence-electron chi connectivity index (χ1n) is 20.0. The van der Waals surface area contributed by atoms with Crippen molar-refractivity contribution in [2.45, 2.75) is 81.7 Å². The molecule has 6 aliphatic heterocycles. The minimum absolute atomic E-state index is 0.0828. The molecule has 13 heteroatoms. The number of nitrogens with zero attached hydrogens (tertiary/aromatic N) is 4. The van der Waals surface area contributed by atoms with Gasteiger partial charge in [0.15, 0.2) is 5.69 Å². The summed E-state index contributed by atoms with van der Waals surface area (Å²) >= 11 is 0. The molecule has 6 fully saturated rings. The Morgan fingerprint density at radius 1 is 0.746 bits per heavy atom. The van der Waals surface area contributed by atoms with E-state index in [-0.39, 0.29) is 42.8 Å². The van der Waals surface area contributed by atoms with Gasteiger partial charge in [0.2, 0.25) is 23.6 Å². The molecule has 8 atom stereocenters. The molecule has 59 heavy (non-hydrogen) atoms. The molecule has 4 aromatic rings. The van der Waals surface area contributed by atoms with Crippen LogP contribution >= 0.6 is 0 Å². The van der Waals surface area contributed by atoms with E-state index in [1.54, 1.807) is 24.3 Å². The highest BCUT2D eigenvalue weighted by Crippen LogP contribution is 2.64. The molecular formula is C46H42N4O9. The zero-order valence-electron chi connectivity index (χ0n) is 32.9. The molecule has 0 aromatic heterocycles. The smallest absolute Gasteiger partial charge is 0.302 e. The first-order chi connectivity index (χ1) is 28.3. The van der Waals surface area contributed by atoms with E-state index in [1.165, 1.54) is 16.7 Å². The Kier molecular flexibility index (Phi) is 8.83. The molecular weight excluding hydrogens is 753 g/mol. The van der Waals surface area contributed by atoms with Gasteiger partial charge in [-0.05, 0) is 68.5 Å². The van der Waals surface area contributed by atoms with Crippen molar-refractivity contribution in [2.24, 2.45) is 23.7 Å². The molecule has 4 aromatic carbocycles. The van der Waals surface area contributed by atoms with Crippen LogP contribution in [0.4, 0.5) is 17.1 Å². The van der Waals surface area contributed by atoms with Crippen molar-refractivity contribution < 1.29 is 43.3 Å². The molecule has 6 aliphatic rings. The lowest BCUT2D eigenvalue weighted by atomic mass is 9.67. The predicted octanol–water partition coefficient (Wildman–Crippen LogP) is 6.29. The van der Waals surface area contributed by atoms with Crippen LogP contribution in [0.1, 0.15) is 64.9 Å². The number of imide groups is 2. The second-order valence-corrected chi connectivity index (χ2v) is 17.0. The van der Waals surface area contributed by atoms with Gasteiger partial charge in [0, 0.05) is 37.1 Å². The molecule has 13 nitrogen and oxygen atoms in total. The summed E-state index contributed by atoms with van der Waals surface area (Å²) < 4.78 is 17.7. The Morgan fingerprint density at radius 2 is 1.22 bits per heavy atom. The molecule has 6 saturated heterocycles. The van der Waals surface area contributed by atoms with E-state index in [9.17, 15) is 34.3 Å². The number of benzene rings is 4. The zero-order chi connectivity index (χ0) is 41.6. The fourth-order valence-corrected chi connectivity index (χ4v) is 11.4. The summed E-state index contributed by atoms with van der Waals surface area (Å²) in [6, 6.07) is 23.5. The lowest BCUT2D eigenvalue weighted by Gasteiger charge is -2.31. The molecule has 4 unspecified atom stereocenters. The highest BCUT2D eigenvalue weighted by atomic mass is 16.6. The molecule has 0 saturated carbocycles. The van der Waals surface area contributed by atoms with Gasteiger partial charge in [0.05, 0.1) is 82.3 Å². The summed E-state index contributed by atoms with van der Waals surface area (Å²) in [5.74, 6) is -3.69. The number of anilines is 2. The number of carbonyl (C=O) groups excluding carboxylic acids is 5. The summed E-state index contributed by atoms with van der Waals surface area (Å²) in [6.07, 6.45) is 3.44. The third-order valence-electron chi connectivity index (χ3n) is 13.9. The molecule has 4 amide bonds. The van der Waals surface area contributed by atoms with E-state index in [2.05, 4.69) is 10.9 Å². The Bertz CT molecular complexity index is 2610. The summed E-state index contributed by atoms with van der Waals surface area (Å²) in [6.45, 7) is 12.6. The van der Waals surface area contributed by atoms with E-state index in [0.29, 0.717) is 77.3 Å². The maximum Gasteiger partial charge on any atom is 0.302 e. The maximum absolute atomic E-state index is 13.7. The number of rotatable bonds is 7. The summed E-state index contributed by atoms with van der Waals surface area (Å²) in [5, 5.41) is 21.8. The van der Waals surface area contributed by atoms with Crippen molar-refractivity contribution in [1.82, 2.24) is 0 Å². The van der Waals surface area contributed by atoms with Crippen LogP contribution in [-0.4, -0.2) is 70.3 Å². The number of fused-ring (bicyclic) bond motifs is 12. The highest BCUT2D eigenvalue weighted by Gasteiger charge is 2.75. The molecule has 300 valence electrons. The Labute approximate surface area is 340 Å². The van der Waals surface area contributed by atoms with Gasteiger partial charge < -0.3 is 19.3 Å². The predicted molar refractivity (Wildman–Crippen MR) is 214 cm³/mol. The fraction of sp³-hybridized carbons (Fsp3) is 0.413. The number of hydrogen-bond donors (Lipinski definition) is 1. The van der Waals surface area contributed by atoms with E-state index in [0.717, 1.165) is 5.39 Å². The lowest BCUT2D eigenvalue weighted by Crippen LogP contribution is -2.43. The first kappa shape index (κ1) is 38.5. The highest BCUT2D eigenvalue weighted by molar-refractivity contribution is 6.27. The molecule has 0 aliphatic carbocycles. The number of esters is 1. The lowest BCUT2D eigenvalue weighted by molar-refractivity contribution is -0.144. The van der Waals surface area contributed by atoms with Crippen LogP contribution in [-0.2, 0) is 38.2 Å². The number of nitriles is 1. The number of carbonyl (C=O) groups is 5. The van der Waals surface area contributed by atoms with Gasteiger partial charge in [0.1, 0.15) is 0 Å². The van der Waals surface area contributed by atoms with Crippen LogP contribution in [0.2, 0.25) is 0 Å². The van der Waals surface area contributed by atoms with Gasteiger partial charge in [0.25, 0.3) is 0 Å². The molecule has 6 heterocycles. The van der Waals surface area contributed by atoms with Crippen molar-refractivity contribution in [1.29, 1.82) is 5.26 Å². The first-order valence-corrected chi connectivity index (χ1v) is 20.0. The molecule has 0 spiro atoms. The van der Waals surface area contributed by atoms with Crippen LogP contribution in [0.3, 0.4) is 0 Å². The van der Waals surface area contributed by atoms with Crippen LogP contribution in [0.25, 0.3) is 26.4 Å². The van der Waals surface area contributed by atoms with Crippen molar-refractivity contribution in [2.75, 3.05) is 23.0 Å². The monoisotopic (exact) mass is 794 g/mol. The minimum atomic E-state index is -0.803. The van der Waals surface area contributed by atoms with Crippen LogP contribution in [0, 0.1) is 41.6 Å². The zero-order valence-corrected chi connectivity index (χ0v) is 32.9. The third kappa shape index (κ3) is 5.41. The van der Waals surface area contributed by atoms with Crippen LogP contribution in [0.5, 0.6) is 0 Å². The second-order valence-electron chi connectivity index (χ2n) is 17.0. The molecule has 1 N–H and O–H groups in total. The summed E-state index contributed by atoms with van der Waals surface area (Å²) in [7, 11) is 0. The molecule has 0 radical (unpaired) electrons. The average Bonchev–Trinajstić information content (AvgIpc) is 4.02. The molecule has 10 rings (SSSR count). The van der Waals surface area contributed by atoms with E-state index in [1.807, 2.05) is 62.4 Å². The van der Waals surface area contributed by atoms with Gasteiger partial charge in [-0.2, -0.15) is 5.26 Å². The summed E-state index contributed by atoms with van der Waals surface area (Å²) in [5.41, 5.74) is -0.955. The van der Waals surface area contributed by atoms with E-state index < -0.39 is 46.1 Å². The van der Waals surface area contributed by atoms with Crippen molar-refractivity contribution >= 4 is 68.2 Å². The molecule has 4 bridgehead atoms. The Balaban J connectivity index is 0.000000153. The second kappa shape index (κ2) is 13.5. The number of aliphatic hydroxyl groups is 1. The van der Waals surface area contributed by atoms with Crippen molar-refractivity contribution in [3.05, 3.63) is 89.8 Å². The van der Waals surface area contributed by atoms with Gasteiger partial charge in [-0.15, -0.1) is 0 Å². The quantitative estimate of drug-likeness (QED) is 0.128. The average molecular weight is 795 g/mol. The Morgan fingerprint density at radius 3 is 1.73 bits per heavy atom. The van der Waals surface area contributed by atoms with Gasteiger partial charge in [-0.3, -0.25) is 24.0 Å². The largest absolute Gasteiger partial charge is 0.466 e. The Hall–Kier alpha value is -5.99. The van der Waals surface area contributed by atoms with Gasteiger partial charge in [-0.1, -0.05) is 54.6 Å². The van der Waals surface area contributed by atoms with Crippen LogP contribution < -0.4 is 9.80 Å². The number of ether oxygens (including phenoxy) is 3. The van der Waals surface area contributed by atoms with Crippen molar-refractivity contribution in [3.63, 3.8) is 0 Å². The van der Waals surface area contributed by atoms with E-state index in [4.69, 9.17) is 20.8 Å². The number of hydrogen-bond acceptors (Lipinski definition) is 10. The topological polar surface area (TPSA) is 168 Å². The normalized spacial score (nSPS) is 32.3. The van der Waals surface area contributed by atoms with Crippen molar-refractivity contribution in [3.8, 4) is 6.07 Å². The minimum Gasteiger partial charge on any atom is -0.466 e. The van der Waals surface area contributed by atoms with Gasteiger partial charge in [-0.25, -0.2) is 14.6 Å². The summed E-state index contributed by atoms with van der Waals surface area (Å²) in [4.78, 5) is 71.6. The number of aliphatic hydroxyl groups excluding tert-OH is 1. The number of amides is 4. The standard InChI is InChI=1S/C24H22N2O5.C22H20N2O4/c1-14(27)30-13-12-24-11-10-23(2,31-24)19-20(24)22(29)26(21(19)28)18-9-8-17(25-3)15-6-4-5-7-16(15)18;1-21-8-9-22(28-21,10-11-25)18-17(21)19(26)24(20(18)27)16-7-6-13(12-23)14-4-2-3-5-15(14)16/h4-9,19-20H,10-13H2,1-2H3;2-7,17-18,25H,8-11H2,1H3/t19-,20+,23?,24?;17-,18+,21?,22?/m10/s1. The van der Waals surface area contributed by atoms with Gasteiger partial charge >= 0.3 is 5.97 Å². The third-order valence-corrected chi connectivity index (χ3v) is 13.9. The van der Waals surface area contributed by atoms with Crippen LogP contribution in [0.15, 0.2) is 72.8 Å². The maximum atomic E-state index is 13.7. The van der Waals surface area contributed by atoms with E-state index >= 15 is 0 Å².